The minimum absolute atomic E-state index is 0.106. The number of aromatic nitrogens is 3. The van der Waals surface area contributed by atoms with E-state index in [9.17, 15) is 4.79 Å². The minimum Gasteiger partial charge on any atom is -0.307 e. The Morgan fingerprint density at radius 3 is 2.50 bits per heavy atom. The molecule has 2 aliphatic carbocycles. The van der Waals surface area contributed by atoms with Gasteiger partial charge in [-0.2, -0.15) is 5.10 Å². The highest BCUT2D eigenvalue weighted by molar-refractivity contribution is 5.84. The SMILES string of the molecule is C=O.Cn1nc(C2CCN(C3CCC3)C2)c2c3c(c(=O)[nH]c21)CCCC3. The van der Waals surface area contributed by atoms with Crippen molar-refractivity contribution >= 4 is 17.8 Å². The van der Waals surface area contributed by atoms with E-state index in [0.29, 0.717) is 5.92 Å². The molecule has 26 heavy (non-hydrogen) atoms. The molecule has 3 heterocycles. The Labute approximate surface area is 153 Å². The van der Waals surface area contributed by atoms with Gasteiger partial charge >= 0.3 is 0 Å². The summed E-state index contributed by atoms with van der Waals surface area (Å²) in [5, 5.41) is 6.15. The van der Waals surface area contributed by atoms with Crippen LogP contribution in [0.15, 0.2) is 4.79 Å². The first-order valence-corrected chi connectivity index (χ1v) is 9.86. The van der Waals surface area contributed by atoms with Crippen molar-refractivity contribution < 1.29 is 4.79 Å². The highest BCUT2D eigenvalue weighted by Gasteiger charge is 2.35. The molecule has 0 bridgehead atoms. The lowest BCUT2D eigenvalue weighted by Crippen LogP contribution is -2.38. The molecule has 2 fully saturated rings. The number of nitrogens with one attached hydrogen (secondary N) is 1. The van der Waals surface area contributed by atoms with Crippen LogP contribution in [0, 0.1) is 0 Å². The largest absolute Gasteiger partial charge is 0.307 e. The van der Waals surface area contributed by atoms with Gasteiger partial charge in [0.15, 0.2) is 0 Å². The summed E-state index contributed by atoms with van der Waals surface area (Å²) in [6.07, 6.45) is 9.64. The maximum absolute atomic E-state index is 12.4. The summed E-state index contributed by atoms with van der Waals surface area (Å²) < 4.78 is 1.90. The summed E-state index contributed by atoms with van der Waals surface area (Å²) in [5.74, 6) is 0.520. The number of hydrogen-bond acceptors (Lipinski definition) is 4. The summed E-state index contributed by atoms with van der Waals surface area (Å²) in [7, 11) is 1.97. The fourth-order valence-corrected chi connectivity index (χ4v) is 4.98. The van der Waals surface area contributed by atoms with Gasteiger partial charge in [0.1, 0.15) is 12.4 Å². The number of fused-ring (bicyclic) bond motifs is 3. The second-order valence-electron chi connectivity index (χ2n) is 7.92. The fourth-order valence-electron chi connectivity index (χ4n) is 4.98. The lowest BCUT2D eigenvalue weighted by atomic mass is 9.88. The molecule has 5 rings (SSSR count). The fraction of sp³-hybridized carbons (Fsp3) is 0.650. The number of likely N-dealkylation sites (tertiary alicyclic amines) is 1. The van der Waals surface area contributed by atoms with E-state index in [1.807, 2.05) is 18.5 Å². The van der Waals surface area contributed by atoms with Crippen LogP contribution in [-0.4, -0.2) is 45.6 Å². The Hall–Kier alpha value is -1.95. The standard InChI is InChI=1S/C19H26N4O.CH2O/c1-22-18-16(14-7-2-3-8-15(14)19(24)20-18)17(21-22)12-9-10-23(11-12)13-5-4-6-13;1-2/h12-13H,2-11H2,1H3,(H,20,24);1H2. The number of nitrogens with zero attached hydrogens (tertiary/aromatic N) is 3. The van der Waals surface area contributed by atoms with Gasteiger partial charge in [0, 0.05) is 36.5 Å². The lowest BCUT2D eigenvalue weighted by molar-refractivity contribution is -0.0979. The second-order valence-corrected chi connectivity index (χ2v) is 7.92. The third kappa shape index (κ3) is 2.71. The molecule has 6 nitrogen and oxygen atoms in total. The highest BCUT2D eigenvalue weighted by atomic mass is 16.1. The molecular formula is C20H28N4O2. The number of H-pyrrole nitrogens is 1. The maximum Gasteiger partial charge on any atom is 0.253 e. The minimum atomic E-state index is 0.106. The summed E-state index contributed by atoms with van der Waals surface area (Å²) in [4.78, 5) is 26.2. The normalized spacial score (nSPS) is 23.3. The van der Waals surface area contributed by atoms with Gasteiger partial charge in [0.05, 0.1) is 5.69 Å². The number of carbonyl (C=O) groups excluding carboxylic acids is 1. The molecule has 1 atom stereocenters. The number of carbonyl (C=O) groups is 1. The molecule has 1 N–H and O–H groups in total. The van der Waals surface area contributed by atoms with Gasteiger partial charge in [-0.3, -0.25) is 14.4 Å². The highest BCUT2D eigenvalue weighted by Crippen LogP contribution is 2.37. The Bertz CT molecular complexity index is 865. The van der Waals surface area contributed by atoms with Crippen molar-refractivity contribution in [3.05, 3.63) is 27.2 Å². The quantitative estimate of drug-likeness (QED) is 0.896. The molecule has 0 amide bonds. The van der Waals surface area contributed by atoms with Crippen molar-refractivity contribution in [2.75, 3.05) is 13.1 Å². The molecule has 3 aliphatic rings. The molecule has 1 aliphatic heterocycles. The zero-order chi connectivity index (χ0) is 18.3. The van der Waals surface area contributed by atoms with Crippen LogP contribution in [-0.2, 0) is 24.7 Å². The second kappa shape index (κ2) is 6.99. The van der Waals surface area contributed by atoms with Crippen LogP contribution in [0.2, 0.25) is 0 Å². The zero-order valence-electron chi connectivity index (χ0n) is 15.6. The average molecular weight is 356 g/mol. The molecule has 0 spiro atoms. The van der Waals surface area contributed by atoms with Crippen LogP contribution in [0.3, 0.4) is 0 Å². The Morgan fingerprint density at radius 1 is 1.08 bits per heavy atom. The van der Waals surface area contributed by atoms with Crippen LogP contribution >= 0.6 is 0 Å². The number of rotatable bonds is 2. The predicted octanol–water partition coefficient (Wildman–Crippen LogP) is 2.30. The van der Waals surface area contributed by atoms with E-state index in [1.165, 1.54) is 55.3 Å². The van der Waals surface area contributed by atoms with Crippen molar-refractivity contribution in [1.29, 1.82) is 0 Å². The number of hydrogen-bond donors (Lipinski definition) is 1. The van der Waals surface area contributed by atoms with Crippen molar-refractivity contribution in [1.82, 2.24) is 19.7 Å². The third-order valence-corrected chi connectivity index (χ3v) is 6.55. The lowest BCUT2D eigenvalue weighted by Gasteiger charge is -2.34. The molecular weight excluding hydrogens is 328 g/mol. The molecule has 2 aromatic heterocycles. The Kier molecular flexibility index (Phi) is 4.69. The van der Waals surface area contributed by atoms with E-state index in [1.54, 1.807) is 0 Å². The van der Waals surface area contributed by atoms with E-state index in [0.717, 1.165) is 43.1 Å². The summed E-state index contributed by atoms with van der Waals surface area (Å²) in [5.41, 5.74) is 4.60. The van der Waals surface area contributed by atoms with Crippen molar-refractivity contribution in [3.8, 4) is 0 Å². The van der Waals surface area contributed by atoms with Gasteiger partial charge in [0.25, 0.3) is 5.56 Å². The summed E-state index contributed by atoms with van der Waals surface area (Å²) >= 11 is 0. The van der Waals surface area contributed by atoms with E-state index in [2.05, 4.69) is 9.88 Å². The Morgan fingerprint density at radius 2 is 1.81 bits per heavy atom. The van der Waals surface area contributed by atoms with Crippen molar-refractivity contribution in [2.45, 2.75) is 63.3 Å². The molecule has 0 radical (unpaired) electrons. The van der Waals surface area contributed by atoms with Gasteiger partial charge in [-0.25, -0.2) is 0 Å². The monoisotopic (exact) mass is 356 g/mol. The van der Waals surface area contributed by atoms with Crippen molar-refractivity contribution in [2.24, 2.45) is 7.05 Å². The van der Waals surface area contributed by atoms with Gasteiger partial charge in [-0.15, -0.1) is 0 Å². The predicted molar refractivity (Wildman–Crippen MR) is 102 cm³/mol. The maximum atomic E-state index is 12.4. The van der Waals surface area contributed by atoms with Gasteiger partial charge in [-0.1, -0.05) is 6.42 Å². The molecule has 1 saturated carbocycles. The van der Waals surface area contributed by atoms with Crippen molar-refractivity contribution in [3.63, 3.8) is 0 Å². The summed E-state index contributed by atoms with van der Waals surface area (Å²) in [6.45, 7) is 4.35. The van der Waals surface area contributed by atoms with Crippen LogP contribution in [0.5, 0.6) is 0 Å². The van der Waals surface area contributed by atoms with E-state index in [4.69, 9.17) is 9.89 Å². The average Bonchev–Trinajstić information content (AvgIpc) is 3.21. The molecule has 0 aromatic carbocycles. The van der Waals surface area contributed by atoms with Crippen LogP contribution < -0.4 is 5.56 Å². The molecule has 6 heteroatoms. The number of aromatic amines is 1. The first-order chi connectivity index (χ1) is 12.7. The van der Waals surface area contributed by atoms with Crippen LogP contribution in [0.1, 0.15) is 61.3 Å². The molecule has 1 unspecified atom stereocenters. The van der Waals surface area contributed by atoms with Crippen LogP contribution in [0.25, 0.3) is 11.0 Å². The van der Waals surface area contributed by atoms with E-state index in [-0.39, 0.29) is 5.56 Å². The first kappa shape index (κ1) is 17.5. The van der Waals surface area contributed by atoms with Gasteiger partial charge in [-0.05, 0) is 57.1 Å². The van der Waals surface area contributed by atoms with E-state index < -0.39 is 0 Å². The Balaban J connectivity index is 0.000000814. The van der Waals surface area contributed by atoms with E-state index >= 15 is 0 Å². The summed E-state index contributed by atoms with van der Waals surface area (Å²) in [6, 6.07) is 0.818. The molecule has 1 saturated heterocycles. The molecule has 2 aromatic rings. The topological polar surface area (TPSA) is 71.0 Å². The third-order valence-electron chi connectivity index (χ3n) is 6.55. The number of aryl methyl sites for hydroxylation is 2. The van der Waals surface area contributed by atoms with Gasteiger partial charge < -0.3 is 9.78 Å². The smallest absolute Gasteiger partial charge is 0.253 e. The first-order valence-electron chi connectivity index (χ1n) is 9.86. The van der Waals surface area contributed by atoms with Gasteiger partial charge in [0.2, 0.25) is 0 Å². The molecule has 140 valence electrons. The zero-order valence-corrected chi connectivity index (χ0v) is 15.6. The number of pyridine rings is 1. The van der Waals surface area contributed by atoms with Crippen LogP contribution in [0.4, 0.5) is 0 Å².